The summed E-state index contributed by atoms with van der Waals surface area (Å²) in [6.45, 7) is 6.73. The van der Waals surface area contributed by atoms with Crippen molar-refractivity contribution in [2.75, 3.05) is 26.7 Å². The van der Waals surface area contributed by atoms with Crippen molar-refractivity contribution >= 4 is 11.9 Å². The molecule has 24 heavy (non-hydrogen) atoms. The summed E-state index contributed by atoms with van der Waals surface area (Å²) in [5, 5.41) is 12.7. The molecule has 1 saturated heterocycles. The maximum absolute atomic E-state index is 11.9. The lowest BCUT2D eigenvalue weighted by Crippen LogP contribution is -2.40. The van der Waals surface area contributed by atoms with Gasteiger partial charge in [-0.05, 0) is 24.0 Å². The molecule has 0 bridgehead atoms. The number of guanidine groups is 1. The molecule has 2 unspecified atom stereocenters. The highest BCUT2D eigenvalue weighted by Crippen LogP contribution is 2.24. The quantitative estimate of drug-likeness (QED) is 0.484. The molecule has 1 aliphatic heterocycles. The van der Waals surface area contributed by atoms with E-state index in [0.29, 0.717) is 13.1 Å². The van der Waals surface area contributed by atoms with E-state index in [4.69, 9.17) is 9.73 Å². The Kier molecular flexibility index (Phi) is 6.61. The summed E-state index contributed by atoms with van der Waals surface area (Å²) >= 11 is 0. The number of likely N-dealkylation sites (tertiary alicyclic amines) is 1. The number of nitrogens with zero attached hydrogens (tertiary/aromatic N) is 2. The smallest absolute Gasteiger partial charge is 0.310 e. The minimum atomic E-state index is -0.161. The number of hydrogen-bond acceptors (Lipinski definition) is 4. The predicted molar refractivity (Wildman–Crippen MR) is 93.4 cm³/mol. The number of benzene rings is 1. The van der Waals surface area contributed by atoms with Crippen LogP contribution in [0.1, 0.15) is 25.0 Å². The van der Waals surface area contributed by atoms with Gasteiger partial charge in [0.05, 0.1) is 26.2 Å². The van der Waals surface area contributed by atoms with Gasteiger partial charge in [-0.2, -0.15) is 0 Å². The van der Waals surface area contributed by atoms with Gasteiger partial charge in [0.15, 0.2) is 5.96 Å². The fraction of sp³-hybridized carbons (Fsp3) is 0.556. The Bertz CT molecular complexity index is 589. The number of nitrogens with one attached hydrogen (secondary N) is 1. The monoisotopic (exact) mass is 333 g/mol. The Hall–Kier alpha value is -2.08. The van der Waals surface area contributed by atoms with Gasteiger partial charge in [0.2, 0.25) is 0 Å². The molecule has 0 amide bonds. The van der Waals surface area contributed by atoms with Gasteiger partial charge < -0.3 is 20.1 Å². The lowest BCUT2D eigenvalue weighted by atomic mass is 9.99. The van der Waals surface area contributed by atoms with Gasteiger partial charge in [-0.25, -0.2) is 4.99 Å². The van der Waals surface area contributed by atoms with Gasteiger partial charge in [0, 0.05) is 19.6 Å². The molecule has 2 N–H and O–H groups in total. The average Bonchev–Trinajstić information content (AvgIpc) is 2.99. The van der Waals surface area contributed by atoms with Gasteiger partial charge in [-0.3, -0.25) is 4.79 Å². The van der Waals surface area contributed by atoms with E-state index in [1.165, 1.54) is 7.11 Å². The zero-order chi connectivity index (χ0) is 17.5. The Morgan fingerprint density at radius 3 is 2.71 bits per heavy atom. The van der Waals surface area contributed by atoms with Gasteiger partial charge in [-0.1, -0.05) is 31.2 Å². The van der Waals surface area contributed by atoms with E-state index in [9.17, 15) is 9.90 Å². The van der Waals surface area contributed by atoms with Crippen LogP contribution in [0.15, 0.2) is 29.3 Å². The van der Waals surface area contributed by atoms with Gasteiger partial charge in [-0.15, -0.1) is 0 Å². The van der Waals surface area contributed by atoms with Crippen molar-refractivity contribution in [2.45, 2.75) is 27.0 Å². The number of aliphatic hydroxyl groups is 1. The summed E-state index contributed by atoms with van der Waals surface area (Å²) in [6, 6.07) is 7.74. The number of carbonyl (C=O) groups excluding carboxylic acids is 1. The van der Waals surface area contributed by atoms with E-state index in [-0.39, 0.29) is 24.4 Å². The third kappa shape index (κ3) is 4.26. The maximum atomic E-state index is 11.9. The molecule has 6 heteroatoms. The molecule has 2 atom stereocenters. The van der Waals surface area contributed by atoms with E-state index >= 15 is 0 Å². The second-order valence-electron chi connectivity index (χ2n) is 6.11. The second kappa shape index (κ2) is 8.68. The fourth-order valence-corrected chi connectivity index (χ4v) is 3.05. The Balaban J connectivity index is 2.13. The highest BCUT2D eigenvalue weighted by molar-refractivity contribution is 5.82. The minimum absolute atomic E-state index is 0.00734. The summed E-state index contributed by atoms with van der Waals surface area (Å²) in [6.07, 6.45) is 0. The van der Waals surface area contributed by atoms with E-state index in [0.717, 1.165) is 30.2 Å². The summed E-state index contributed by atoms with van der Waals surface area (Å²) in [5.74, 6) is 0.740. The van der Waals surface area contributed by atoms with Crippen LogP contribution in [0.2, 0.25) is 0 Å². The third-order valence-corrected chi connectivity index (χ3v) is 4.44. The van der Waals surface area contributed by atoms with Crippen LogP contribution < -0.4 is 5.32 Å². The molecule has 0 spiro atoms. The van der Waals surface area contributed by atoms with Crippen molar-refractivity contribution in [3.05, 3.63) is 35.4 Å². The van der Waals surface area contributed by atoms with Crippen molar-refractivity contribution in [3.63, 3.8) is 0 Å². The van der Waals surface area contributed by atoms with E-state index < -0.39 is 0 Å². The van der Waals surface area contributed by atoms with Crippen LogP contribution in [0.3, 0.4) is 0 Å². The van der Waals surface area contributed by atoms with Crippen LogP contribution in [0, 0.1) is 11.8 Å². The Morgan fingerprint density at radius 1 is 1.38 bits per heavy atom. The number of esters is 1. The molecule has 1 aliphatic rings. The van der Waals surface area contributed by atoms with Crippen LogP contribution in [-0.2, 0) is 22.7 Å². The number of methoxy groups -OCH3 is 1. The summed E-state index contributed by atoms with van der Waals surface area (Å²) in [4.78, 5) is 18.7. The van der Waals surface area contributed by atoms with E-state index in [1.54, 1.807) is 0 Å². The van der Waals surface area contributed by atoms with Gasteiger partial charge in [0.25, 0.3) is 0 Å². The molecule has 0 aliphatic carbocycles. The predicted octanol–water partition coefficient (Wildman–Crippen LogP) is 1.39. The lowest BCUT2D eigenvalue weighted by molar-refractivity contribution is -0.145. The average molecular weight is 333 g/mol. The van der Waals surface area contributed by atoms with Crippen LogP contribution in [0.5, 0.6) is 0 Å². The molecule has 2 rings (SSSR count). The molecule has 0 aromatic heterocycles. The molecular weight excluding hydrogens is 306 g/mol. The Labute approximate surface area is 143 Å². The first-order chi connectivity index (χ1) is 11.6. The zero-order valence-electron chi connectivity index (χ0n) is 14.7. The van der Waals surface area contributed by atoms with Crippen LogP contribution in [0.25, 0.3) is 0 Å². The van der Waals surface area contributed by atoms with Crippen molar-refractivity contribution in [1.29, 1.82) is 0 Å². The van der Waals surface area contributed by atoms with Crippen molar-refractivity contribution in [3.8, 4) is 0 Å². The maximum Gasteiger partial charge on any atom is 0.310 e. The summed E-state index contributed by atoms with van der Waals surface area (Å²) in [5.41, 5.74) is 1.89. The summed E-state index contributed by atoms with van der Waals surface area (Å²) in [7, 11) is 1.43. The van der Waals surface area contributed by atoms with E-state index in [2.05, 4.69) is 17.1 Å². The van der Waals surface area contributed by atoms with Gasteiger partial charge in [0.1, 0.15) is 0 Å². The normalized spacial score (nSPS) is 21.0. The number of rotatable bonds is 5. The summed E-state index contributed by atoms with van der Waals surface area (Å²) < 4.78 is 4.90. The number of aliphatic imine (C=N–C) groups is 1. The van der Waals surface area contributed by atoms with Crippen molar-refractivity contribution in [1.82, 2.24) is 10.2 Å². The number of ether oxygens (including phenoxy) is 1. The first-order valence-electron chi connectivity index (χ1n) is 8.39. The molecule has 132 valence electrons. The largest absolute Gasteiger partial charge is 0.469 e. The first-order valence-corrected chi connectivity index (χ1v) is 8.39. The van der Waals surface area contributed by atoms with Crippen LogP contribution in [0.4, 0.5) is 0 Å². The Morgan fingerprint density at radius 2 is 2.08 bits per heavy atom. The number of aliphatic hydroxyl groups excluding tert-OH is 1. The van der Waals surface area contributed by atoms with Crippen LogP contribution in [-0.4, -0.2) is 48.7 Å². The first kappa shape index (κ1) is 18.3. The van der Waals surface area contributed by atoms with Crippen LogP contribution >= 0.6 is 0 Å². The zero-order valence-corrected chi connectivity index (χ0v) is 14.7. The molecule has 1 aromatic carbocycles. The number of carbonyl (C=O) groups is 1. The third-order valence-electron chi connectivity index (χ3n) is 4.44. The highest BCUT2D eigenvalue weighted by Gasteiger charge is 2.36. The minimum Gasteiger partial charge on any atom is -0.469 e. The standard InChI is InChI=1S/C18H27N3O3/c1-4-19-18(20-9-14-7-5-6-8-15(14)12-22)21-10-13(2)16(11-21)17(23)24-3/h5-8,13,16,22H,4,9-12H2,1-3H3,(H,19,20). The second-order valence-corrected chi connectivity index (χ2v) is 6.11. The number of hydrogen-bond donors (Lipinski definition) is 2. The molecule has 0 saturated carbocycles. The fourth-order valence-electron chi connectivity index (χ4n) is 3.05. The molecule has 1 fully saturated rings. The van der Waals surface area contributed by atoms with Crippen molar-refractivity contribution < 1.29 is 14.6 Å². The molecule has 0 radical (unpaired) electrons. The highest BCUT2D eigenvalue weighted by atomic mass is 16.5. The van der Waals surface area contributed by atoms with E-state index in [1.807, 2.05) is 31.2 Å². The van der Waals surface area contributed by atoms with Gasteiger partial charge >= 0.3 is 5.97 Å². The molecule has 6 nitrogen and oxygen atoms in total. The lowest BCUT2D eigenvalue weighted by Gasteiger charge is -2.21. The molecule has 1 heterocycles. The molecule has 1 aromatic rings. The SMILES string of the molecule is CCNC(=NCc1ccccc1CO)N1CC(C)C(C(=O)OC)C1. The van der Waals surface area contributed by atoms with Crippen molar-refractivity contribution in [2.24, 2.45) is 16.8 Å². The molecular formula is C18H27N3O3. The topological polar surface area (TPSA) is 74.2 Å².